The number of piperidine rings is 1. The van der Waals surface area contributed by atoms with Crippen molar-refractivity contribution in [3.63, 3.8) is 0 Å². The van der Waals surface area contributed by atoms with E-state index in [9.17, 15) is 0 Å². The van der Waals surface area contributed by atoms with E-state index < -0.39 is 0 Å². The Bertz CT molecular complexity index is 604. The van der Waals surface area contributed by atoms with E-state index in [1.807, 2.05) is 0 Å². The molecule has 0 saturated carbocycles. The minimum Gasteiger partial charge on any atom is -0.329 e. The molecule has 2 N–H and O–H groups in total. The fraction of sp³-hybridized carbons (Fsp3) is 0.588. The molecule has 0 bridgehead atoms. The number of benzene rings is 1. The maximum Gasteiger partial charge on any atom is 0.0843 e. The molecular weight excluding hydrogens is 260 g/mol. The highest BCUT2D eigenvalue weighted by Crippen LogP contribution is 2.26. The number of para-hydroxylation sites is 1. The van der Waals surface area contributed by atoms with Gasteiger partial charge in [0.25, 0.3) is 0 Å². The summed E-state index contributed by atoms with van der Waals surface area (Å²) in [4.78, 5) is 2.53. The Hall–Kier alpha value is -1.39. The van der Waals surface area contributed by atoms with Crippen LogP contribution in [-0.2, 0) is 13.1 Å². The van der Waals surface area contributed by atoms with Crippen molar-refractivity contribution in [2.45, 2.75) is 45.8 Å². The van der Waals surface area contributed by atoms with Crippen molar-refractivity contribution >= 4 is 10.9 Å². The number of likely N-dealkylation sites (tertiary alicyclic amines) is 1. The average molecular weight is 286 g/mol. The third kappa shape index (κ3) is 2.70. The lowest BCUT2D eigenvalue weighted by atomic mass is 9.90. The van der Waals surface area contributed by atoms with Gasteiger partial charge in [0, 0.05) is 31.1 Å². The maximum atomic E-state index is 6.01. The molecule has 0 spiro atoms. The van der Waals surface area contributed by atoms with Crippen LogP contribution in [0.2, 0.25) is 0 Å². The molecule has 1 aliphatic heterocycles. The van der Waals surface area contributed by atoms with Gasteiger partial charge in [-0.3, -0.25) is 9.58 Å². The molecule has 0 aliphatic carbocycles. The van der Waals surface area contributed by atoms with Gasteiger partial charge in [-0.15, -0.1) is 0 Å². The van der Waals surface area contributed by atoms with Crippen LogP contribution < -0.4 is 5.73 Å². The lowest BCUT2D eigenvalue weighted by Gasteiger charge is -2.39. The van der Waals surface area contributed by atoms with Gasteiger partial charge in [0.1, 0.15) is 0 Å². The van der Waals surface area contributed by atoms with E-state index in [1.54, 1.807) is 0 Å². The zero-order valence-electron chi connectivity index (χ0n) is 13.1. The van der Waals surface area contributed by atoms with Crippen LogP contribution in [0.4, 0.5) is 0 Å². The predicted octanol–water partition coefficient (Wildman–Crippen LogP) is 2.62. The molecule has 2 atom stereocenters. The van der Waals surface area contributed by atoms with Crippen molar-refractivity contribution in [2.24, 2.45) is 11.7 Å². The normalized spacial score (nSPS) is 23.8. The van der Waals surface area contributed by atoms with Crippen LogP contribution in [0.3, 0.4) is 0 Å². The van der Waals surface area contributed by atoms with Gasteiger partial charge in [0.05, 0.1) is 11.2 Å². The molecule has 4 heteroatoms. The SMILES string of the molecule is CCn1nc(CN2CCCC(C)C2CN)c2ccccc21. The minimum atomic E-state index is 0.490. The molecule has 4 nitrogen and oxygen atoms in total. The largest absolute Gasteiger partial charge is 0.329 e. The number of rotatable bonds is 4. The van der Waals surface area contributed by atoms with Crippen LogP contribution in [0.25, 0.3) is 10.9 Å². The first-order chi connectivity index (χ1) is 10.2. The van der Waals surface area contributed by atoms with E-state index in [0.717, 1.165) is 26.2 Å². The second-order valence-electron chi connectivity index (χ2n) is 6.17. The topological polar surface area (TPSA) is 47.1 Å². The standard InChI is InChI=1S/C17H26N4/c1-3-21-16-9-5-4-8-14(16)15(19-21)12-20-10-6-7-13(2)17(20)11-18/h4-5,8-9,13,17H,3,6-7,10-12,18H2,1-2H3. The molecule has 1 aromatic heterocycles. The Morgan fingerprint density at radius 2 is 2.14 bits per heavy atom. The summed E-state index contributed by atoms with van der Waals surface area (Å²) in [5.41, 5.74) is 8.45. The number of aromatic nitrogens is 2. The summed E-state index contributed by atoms with van der Waals surface area (Å²) in [7, 11) is 0. The van der Waals surface area contributed by atoms with Crippen LogP contribution in [0.15, 0.2) is 24.3 Å². The third-order valence-electron chi connectivity index (χ3n) is 4.86. The van der Waals surface area contributed by atoms with Crippen LogP contribution in [-0.4, -0.2) is 33.8 Å². The second-order valence-corrected chi connectivity index (χ2v) is 6.17. The summed E-state index contributed by atoms with van der Waals surface area (Å²) in [5.74, 6) is 0.684. The van der Waals surface area contributed by atoms with Gasteiger partial charge in [0.15, 0.2) is 0 Å². The summed E-state index contributed by atoms with van der Waals surface area (Å²) >= 11 is 0. The molecule has 1 saturated heterocycles. The number of fused-ring (bicyclic) bond motifs is 1. The number of hydrogen-bond acceptors (Lipinski definition) is 3. The van der Waals surface area contributed by atoms with Crippen LogP contribution in [0, 0.1) is 5.92 Å². The molecule has 1 fully saturated rings. The molecule has 3 rings (SSSR count). The smallest absolute Gasteiger partial charge is 0.0843 e. The van der Waals surface area contributed by atoms with E-state index in [4.69, 9.17) is 10.8 Å². The molecule has 2 aromatic rings. The Balaban J connectivity index is 1.90. The molecule has 2 unspecified atom stereocenters. The van der Waals surface area contributed by atoms with Crippen molar-refractivity contribution in [2.75, 3.05) is 13.1 Å². The predicted molar refractivity (Wildman–Crippen MR) is 87.1 cm³/mol. The Morgan fingerprint density at radius 3 is 2.90 bits per heavy atom. The van der Waals surface area contributed by atoms with Gasteiger partial charge in [-0.2, -0.15) is 5.10 Å². The maximum absolute atomic E-state index is 6.01. The second kappa shape index (κ2) is 6.16. The summed E-state index contributed by atoms with van der Waals surface area (Å²) in [6.07, 6.45) is 2.56. The van der Waals surface area contributed by atoms with Crippen molar-refractivity contribution in [1.29, 1.82) is 0 Å². The lowest BCUT2D eigenvalue weighted by molar-refractivity contribution is 0.0979. The molecule has 0 radical (unpaired) electrons. The van der Waals surface area contributed by atoms with Crippen molar-refractivity contribution in [1.82, 2.24) is 14.7 Å². The van der Waals surface area contributed by atoms with Gasteiger partial charge in [-0.05, 0) is 38.3 Å². The number of nitrogens with two attached hydrogens (primary N) is 1. The van der Waals surface area contributed by atoms with Gasteiger partial charge in [-0.25, -0.2) is 0 Å². The third-order valence-corrected chi connectivity index (χ3v) is 4.86. The monoisotopic (exact) mass is 286 g/mol. The first-order valence-corrected chi connectivity index (χ1v) is 8.13. The first kappa shape index (κ1) is 14.5. The van der Waals surface area contributed by atoms with E-state index >= 15 is 0 Å². The van der Waals surface area contributed by atoms with Crippen LogP contribution in [0.1, 0.15) is 32.4 Å². The Labute approximate surface area is 126 Å². The van der Waals surface area contributed by atoms with Crippen molar-refractivity contribution in [3.8, 4) is 0 Å². The molecule has 114 valence electrons. The van der Waals surface area contributed by atoms with E-state index in [2.05, 4.69) is 47.7 Å². The van der Waals surface area contributed by atoms with E-state index in [-0.39, 0.29) is 0 Å². The average Bonchev–Trinajstić information content (AvgIpc) is 2.86. The van der Waals surface area contributed by atoms with E-state index in [0.29, 0.717) is 12.0 Å². The van der Waals surface area contributed by atoms with Crippen LogP contribution in [0.5, 0.6) is 0 Å². The Morgan fingerprint density at radius 1 is 1.33 bits per heavy atom. The zero-order chi connectivity index (χ0) is 14.8. The molecule has 1 aromatic carbocycles. The highest BCUT2D eigenvalue weighted by atomic mass is 15.3. The summed E-state index contributed by atoms with van der Waals surface area (Å²) < 4.78 is 2.11. The number of nitrogens with zero attached hydrogens (tertiary/aromatic N) is 3. The fourth-order valence-electron chi connectivity index (χ4n) is 3.66. The van der Waals surface area contributed by atoms with Gasteiger partial charge in [-0.1, -0.05) is 25.1 Å². The molecule has 1 aliphatic rings. The lowest BCUT2D eigenvalue weighted by Crippen LogP contribution is -2.48. The summed E-state index contributed by atoms with van der Waals surface area (Å²) in [6.45, 7) is 8.19. The van der Waals surface area contributed by atoms with Gasteiger partial charge in [0.2, 0.25) is 0 Å². The van der Waals surface area contributed by atoms with Crippen molar-refractivity contribution < 1.29 is 0 Å². The van der Waals surface area contributed by atoms with E-state index in [1.165, 1.54) is 29.4 Å². The molecular formula is C17H26N4. The zero-order valence-corrected chi connectivity index (χ0v) is 13.1. The molecule has 0 amide bonds. The summed E-state index contributed by atoms with van der Waals surface area (Å²) in [6, 6.07) is 9.03. The molecule has 2 heterocycles. The fourth-order valence-corrected chi connectivity index (χ4v) is 3.66. The number of hydrogen-bond donors (Lipinski definition) is 1. The quantitative estimate of drug-likeness (QED) is 0.940. The van der Waals surface area contributed by atoms with Crippen LogP contribution >= 0.6 is 0 Å². The highest BCUT2D eigenvalue weighted by molar-refractivity contribution is 5.81. The Kier molecular flexibility index (Phi) is 4.27. The first-order valence-electron chi connectivity index (χ1n) is 8.13. The van der Waals surface area contributed by atoms with Gasteiger partial charge >= 0.3 is 0 Å². The minimum absolute atomic E-state index is 0.490. The summed E-state index contributed by atoms with van der Waals surface area (Å²) in [5, 5.41) is 6.12. The highest BCUT2D eigenvalue weighted by Gasteiger charge is 2.28. The van der Waals surface area contributed by atoms with Crippen molar-refractivity contribution in [3.05, 3.63) is 30.0 Å². The van der Waals surface area contributed by atoms with Gasteiger partial charge < -0.3 is 5.73 Å². The molecule has 21 heavy (non-hydrogen) atoms. The number of aryl methyl sites for hydroxylation is 1.